The molecule has 0 radical (unpaired) electrons. The van der Waals surface area contributed by atoms with E-state index in [4.69, 9.17) is 18.9 Å². The van der Waals surface area contributed by atoms with Crippen molar-refractivity contribution in [3.63, 3.8) is 0 Å². The van der Waals surface area contributed by atoms with Crippen molar-refractivity contribution in [3.05, 3.63) is 12.1 Å². The summed E-state index contributed by atoms with van der Waals surface area (Å²) in [5.74, 6) is 2.69. The molecule has 164 valence electrons. The molecule has 1 amide bonds. The van der Waals surface area contributed by atoms with Gasteiger partial charge in [-0.25, -0.2) is 0 Å². The van der Waals surface area contributed by atoms with Gasteiger partial charge in [0.2, 0.25) is 11.7 Å². The molecule has 0 N–H and O–H groups in total. The van der Waals surface area contributed by atoms with Crippen LogP contribution in [0, 0.1) is 0 Å². The van der Waals surface area contributed by atoms with E-state index in [9.17, 15) is 4.79 Å². The summed E-state index contributed by atoms with van der Waals surface area (Å²) in [5.41, 5.74) is 0.769. The molecular weight excluding hydrogens is 408 g/mol. The number of thioether (sulfide) groups is 1. The van der Waals surface area contributed by atoms with Crippen LogP contribution in [0.1, 0.15) is 12.8 Å². The molecule has 10 heteroatoms. The standard InChI is InChI=1S/C20H28N4O5S/c1-26-10-9-24-19(14-11-15(27-2)18(29-4)16(12-14)28-3)21-22-20(24)30-13-17(25)23-7-5-6-8-23/h11-12H,5-10,13H2,1-4H3. The lowest BCUT2D eigenvalue weighted by atomic mass is 10.1. The molecule has 1 aromatic heterocycles. The SMILES string of the molecule is COCCn1c(SCC(=O)N2CCCC2)nnc1-c1cc(OC)c(OC)c(OC)c1. The monoisotopic (exact) mass is 436 g/mol. The predicted octanol–water partition coefficient (Wildman–Crippen LogP) is 2.33. The maximum Gasteiger partial charge on any atom is 0.233 e. The third kappa shape index (κ3) is 4.81. The number of rotatable bonds is 10. The van der Waals surface area contributed by atoms with Crippen LogP contribution in [0.2, 0.25) is 0 Å². The molecule has 0 spiro atoms. The van der Waals surface area contributed by atoms with E-state index in [1.165, 1.54) is 11.8 Å². The van der Waals surface area contributed by atoms with Gasteiger partial charge < -0.3 is 23.8 Å². The Morgan fingerprint density at radius 2 is 1.70 bits per heavy atom. The van der Waals surface area contributed by atoms with Crippen LogP contribution in [0.5, 0.6) is 17.2 Å². The van der Waals surface area contributed by atoms with Crippen LogP contribution in [-0.4, -0.2) is 79.5 Å². The molecule has 30 heavy (non-hydrogen) atoms. The Labute approximate surface area is 180 Å². The van der Waals surface area contributed by atoms with Crippen LogP contribution < -0.4 is 14.2 Å². The lowest BCUT2D eigenvalue weighted by molar-refractivity contribution is -0.127. The minimum atomic E-state index is 0.133. The molecule has 1 aliphatic rings. The average molecular weight is 437 g/mol. The number of methoxy groups -OCH3 is 4. The topological polar surface area (TPSA) is 87.9 Å². The van der Waals surface area contributed by atoms with Crippen LogP contribution >= 0.6 is 11.8 Å². The zero-order chi connectivity index (χ0) is 21.5. The Kier molecular flexibility index (Phi) is 7.81. The van der Waals surface area contributed by atoms with E-state index in [2.05, 4.69) is 10.2 Å². The Balaban J connectivity index is 1.90. The third-order valence-electron chi connectivity index (χ3n) is 4.94. The second kappa shape index (κ2) is 10.5. The number of hydrogen-bond donors (Lipinski definition) is 0. The highest BCUT2D eigenvalue weighted by atomic mass is 32.2. The maximum atomic E-state index is 12.4. The normalized spacial score (nSPS) is 13.5. The molecular formula is C20H28N4O5S. The number of nitrogens with zero attached hydrogens (tertiary/aromatic N) is 4. The Morgan fingerprint density at radius 1 is 1.03 bits per heavy atom. The Bertz CT molecular complexity index is 842. The fraction of sp³-hybridized carbons (Fsp3) is 0.550. The zero-order valence-electron chi connectivity index (χ0n) is 17.8. The number of aromatic nitrogens is 3. The summed E-state index contributed by atoms with van der Waals surface area (Å²) in [6, 6.07) is 3.66. The molecule has 0 bridgehead atoms. The Hall–Kier alpha value is -2.46. The van der Waals surface area contributed by atoms with Crippen molar-refractivity contribution in [2.24, 2.45) is 0 Å². The van der Waals surface area contributed by atoms with Gasteiger partial charge in [0.1, 0.15) is 0 Å². The second-order valence-electron chi connectivity index (χ2n) is 6.74. The summed E-state index contributed by atoms with van der Waals surface area (Å²) in [5, 5.41) is 9.38. The number of likely N-dealkylation sites (tertiary alicyclic amines) is 1. The van der Waals surface area contributed by atoms with Gasteiger partial charge in [0.05, 0.1) is 40.2 Å². The smallest absolute Gasteiger partial charge is 0.233 e. The lowest BCUT2D eigenvalue weighted by Gasteiger charge is -2.16. The molecule has 0 saturated carbocycles. The summed E-state index contributed by atoms with van der Waals surface area (Å²) in [6.07, 6.45) is 2.15. The highest BCUT2D eigenvalue weighted by Crippen LogP contribution is 2.41. The van der Waals surface area contributed by atoms with E-state index in [0.717, 1.165) is 31.5 Å². The van der Waals surface area contributed by atoms with Crippen molar-refractivity contribution < 1.29 is 23.7 Å². The fourth-order valence-electron chi connectivity index (χ4n) is 3.39. The van der Waals surface area contributed by atoms with E-state index in [0.29, 0.717) is 47.1 Å². The molecule has 0 atom stereocenters. The van der Waals surface area contributed by atoms with E-state index >= 15 is 0 Å². The number of hydrogen-bond acceptors (Lipinski definition) is 8. The molecule has 2 heterocycles. The van der Waals surface area contributed by atoms with Crippen molar-refractivity contribution in [1.29, 1.82) is 0 Å². The van der Waals surface area contributed by atoms with E-state index in [1.54, 1.807) is 28.4 Å². The molecule has 3 rings (SSSR count). The van der Waals surface area contributed by atoms with Gasteiger partial charge in [-0.05, 0) is 25.0 Å². The minimum Gasteiger partial charge on any atom is -0.493 e. The molecule has 0 aliphatic carbocycles. The summed E-state index contributed by atoms with van der Waals surface area (Å²) < 4.78 is 23.5. The molecule has 1 aliphatic heterocycles. The summed E-state index contributed by atoms with van der Waals surface area (Å²) >= 11 is 1.39. The molecule has 1 fully saturated rings. The van der Waals surface area contributed by atoms with Crippen molar-refractivity contribution in [1.82, 2.24) is 19.7 Å². The summed E-state index contributed by atoms with van der Waals surface area (Å²) in [6.45, 7) is 2.72. The fourth-order valence-corrected chi connectivity index (χ4v) is 4.25. The van der Waals surface area contributed by atoms with E-state index in [1.807, 2.05) is 21.6 Å². The molecule has 1 aromatic carbocycles. The van der Waals surface area contributed by atoms with Gasteiger partial charge >= 0.3 is 0 Å². The van der Waals surface area contributed by atoms with Crippen LogP contribution in [0.15, 0.2) is 17.3 Å². The average Bonchev–Trinajstić information content (AvgIpc) is 3.45. The number of amides is 1. The van der Waals surface area contributed by atoms with Crippen LogP contribution in [-0.2, 0) is 16.1 Å². The minimum absolute atomic E-state index is 0.133. The van der Waals surface area contributed by atoms with Gasteiger partial charge in [-0.1, -0.05) is 11.8 Å². The first-order valence-corrected chi connectivity index (χ1v) is 10.7. The maximum absolute atomic E-state index is 12.4. The lowest BCUT2D eigenvalue weighted by Crippen LogP contribution is -2.29. The first-order chi connectivity index (χ1) is 14.6. The van der Waals surface area contributed by atoms with Crippen LogP contribution in [0.4, 0.5) is 0 Å². The van der Waals surface area contributed by atoms with Gasteiger partial charge in [-0.2, -0.15) is 0 Å². The summed E-state index contributed by atoms with van der Waals surface area (Å²) in [4.78, 5) is 14.3. The molecule has 9 nitrogen and oxygen atoms in total. The molecule has 0 unspecified atom stereocenters. The highest BCUT2D eigenvalue weighted by Gasteiger charge is 2.22. The van der Waals surface area contributed by atoms with Gasteiger partial charge in [0.25, 0.3) is 0 Å². The van der Waals surface area contributed by atoms with Crippen molar-refractivity contribution in [2.45, 2.75) is 24.5 Å². The number of carbonyl (C=O) groups is 1. The third-order valence-corrected chi connectivity index (χ3v) is 5.89. The second-order valence-corrected chi connectivity index (χ2v) is 7.68. The zero-order valence-corrected chi connectivity index (χ0v) is 18.7. The van der Waals surface area contributed by atoms with E-state index in [-0.39, 0.29) is 5.91 Å². The molecule has 2 aromatic rings. The van der Waals surface area contributed by atoms with Gasteiger partial charge in [-0.15, -0.1) is 10.2 Å². The first-order valence-electron chi connectivity index (χ1n) is 9.76. The molecule has 1 saturated heterocycles. The van der Waals surface area contributed by atoms with Crippen LogP contribution in [0.25, 0.3) is 11.4 Å². The quantitative estimate of drug-likeness (QED) is 0.525. The Morgan fingerprint density at radius 3 is 2.27 bits per heavy atom. The number of carbonyl (C=O) groups excluding carboxylic acids is 1. The number of benzene rings is 1. The van der Waals surface area contributed by atoms with Gasteiger partial charge in [0.15, 0.2) is 22.5 Å². The van der Waals surface area contributed by atoms with Gasteiger partial charge in [0, 0.05) is 25.8 Å². The van der Waals surface area contributed by atoms with E-state index < -0.39 is 0 Å². The van der Waals surface area contributed by atoms with Crippen molar-refractivity contribution in [2.75, 3.05) is 53.9 Å². The van der Waals surface area contributed by atoms with Crippen molar-refractivity contribution in [3.8, 4) is 28.6 Å². The van der Waals surface area contributed by atoms with Gasteiger partial charge in [-0.3, -0.25) is 9.36 Å². The van der Waals surface area contributed by atoms with Crippen LogP contribution in [0.3, 0.4) is 0 Å². The number of ether oxygens (including phenoxy) is 4. The highest BCUT2D eigenvalue weighted by molar-refractivity contribution is 7.99. The first kappa shape index (κ1) is 22.2. The predicted molar refractivity (Wildman–Crippen MR) is 114 cm³/mol. The van der Waals surface area contributed by atoms with Crippen molar-refractivity contribution >= 4 is 17.7 Å². The summed E-state index contributed by atoms with van der Waals surface area (Å²) in [7, 11) is 6.35. The largest absolute Gasteiger partial charge is 0.493 e.